The van der Waals surface area contributed by atoms with Crippen molar-refractivity contribution in [1.82, 2.24) is 9.78 Å². The van der Waals surface area contributed by atoms with Crippen LogP contribution in [0.2, 0.25) is 0 Å². The zero-order valence-electron chi connectivity index (χ0n) is 11.1. The number of nitrogens with zero attached hydrogens (tertiary/aromatic N) is 2. The smallest absolute Gasteiger partial charge is 0.276 e. The van der Waals surface area contributed by atoms with Gasteiger partial charge in [0, 0.05) is 12.6 Å². The standard InChI is InChI=1S/C14H15N3OS/c1-8-4-5-10(6-9(8)2)12-7-11(13(15)19)14(18)17(3)16-12/h4-7H,1-3H3,(H2,15,19). The summed E-state index contributed by atoms with van der Waals surface area (Å²) in [4.78, 5) is 11.9. The summed E-state index contributed by atoms with van der Waals surface area (Å²) in [5, 5.41) is 4.25. The van der Waals surface area contributed by atoms with Gasteiger partial charge in [0.25, 0.3) is 5.56 Å². The molecule has 4 nitrogen and oxygen atoms in total. The Labute approximate surface area is 116 Å². The lowest BCUT2D eigenvalue weighted by Crippen LogP contribution is -2.29. The van der Waals surface area contributed by atoms with E-state index in [1.807, 2.05) is 32.0 Å². The highest BCUT2D eigenvalue weighted by Gasteiger charge is 2.10. The molecule has 0 aliphatic heterocycles. The zero-order valence-corrected chi connectivity index (χ0v) is 11.9. The minimum atomic E-state index is -0.278. The van der Waals surface area contributed by atoms with Gasteiger partial charge >= 0.3 is 0 Å². The molecule has 5 heteroatoms. The molecular weight excluding hydrogens is 258 g/mol. The van der Waals surface area contributed by atoms with Crippen LogP contribution in [0.5, 0.6) is 0 Å². The van der Waals surface area contributed by atoms with Crippen LogP contribution < -0.4 is 11.3 Å². The first kappa shape index (κ1) is 13.4. The van der Waals surface area contributed by atoms with Gasteiger partial charge in [-0.15, -0.1) is 0 Å². The van der Waals surface area contributed by atoms with E-state index < -0.39 is 0 Å². The highest BCUT2D eigenvalue weighted by Crippen LogP contribution is 2.20. The third-order valence-electron chi connectivity index (χ3n) is 3.13. The van der Waals surface area contributed by atoms with Gasteiger partial charge < -0.3 is 5.73 Å². The number of hydrogen-bond acceptors (Lipinski definition) is 3. The molecule has 0 radical (unpaired) electrons. The lowest BCUT2D eigenvalue weighted by molar-refractivity contribution is 0.710. The number of benzene rings is 1. The van der Waals surface area contributed by atoms with Crippen molar-refractivity contribution in [1.29, 1.82) is 0 Å². The van der Waals surface area contributed by atoms with E-state index in [1.165, 1.54) is 15.8 Å². The molecule has 1 aromatic heterocycles. The van der Waals surface area contributed by atoms with Gasteiger partial charge in [0.15, 0.2) is 0 Å². The van der Waals surface area contributed by atoms with E-state index in [2.05, 4.69) is 5.10 Å². The minimum Gasteiger partial charge on any atom is -0.389 e. The van der Waals surface area contributed by atoms with Crippen molar-refractivity contribution in [3.63, 3.8) is 0 Å². The maximum atomic E-state index is 11.8. The van der Waals surface area contributed by atoms with Gasteiger partial charge in [-0.2, -0.15) is 5.10 Å². The topological polar surface area (TPSA) is 60.9 Å². The summed E-state index contributed by atoms with van der Waals surface area (Å²) >= 11 is 4.90. The van der Waals surface area contributed by atoms with Crippen molar-refractivity contribution in [2.24, 2.45) is 12.8 Å². The number of aryl methyl sites for hydroxylation is 3. The maximum Gasteiger partial charge on any atom is 0.276 e. The first-order valence-corrected chi connectivity index (χ1v) is 6.26. The number of nitrogens with two attached hydrogens (primary N) is 1. The molecule has 0 saturated carbocycles. The molecule has 0 unspecified atom stereocenters. The third-order valence-corrected chi connectivity index (χ3v) is 3.35. The monoisotopic (exact) mass is 273 g/mol. The average Bonchev–Trinajstić information content (AvgIpc) is 2.35. The number of aromatic nitrogens is 2. The first-order chi connectivity index (χ1) is 8.90. The summed E-state index contributed by atoms with van der Waals surface area (Å²) < 4.78 is 1.26. The second-order valence-electron chi connectivity index (χ2n) is 4.54. The number of rotatable bonds is 2. The predicted molar refractivity (Wildman–Crippen MR) is 80.3 cm³/mol. The van der Waals surface area contributed by atoms with E-state index in [9.17, 15) is 4.79 Å². The molecule has 2 rings (SSSR count). The summed E-state index contributed by atoms with van der Waals surface area (Å²) in [6, 6.07) is 7.68. The summed E-state index contributed by atoms with van der Waals surface area (Å²) in [6.07, 6.45) is 0. The van der Waals surface area contributed by atoms with Crippen molar-refractivity contribution in [3.05, 3.63) is 51.3 Å². The second-order valence-corrected chi connectivity index (χ2v) is 4.98. The molecule has 98 valence electrons. The van der Waals surface area contributed by atoms with E-state index in [4.69, 9.17) is 18.0 Å². The van der Waals surface area contributed by atoms with Gasteiger partial charge in [0.05, 0.1) is 11.3 Å². The van der Waals surface area contributed by atoms with E-state index in [0.717, 1.165) is 5.56 Å². The molecule has 2 N–H and O–H groups in total. The lowest BCUT2D eigenvalue weighted by Gasteiger charge is -2.08. The molecular formula is C14H15N3OS. The van der Waals surface area contributed by atoms with Crippen molar-refractivity contribution >= 4 is 17.2 Å². The van der Waals surface area contributed by atoms with E-state index in [1.54, 1.807) is 13.1 Å². The van der Waals surface area contributed by atoms with Gasteiger partial charge in [0.1, 0.15) is 4.99 Å². The number of thiocarbonyl (C=S) groups is 1. The van der Waals surface area contributed by atoms with Crippen LogP contribution in [-0.2, 0) is 7.05 Å². The fraction of sp³-hybridized carbons (Fsp3) is 0.214. The van der Waals surface area contributed by atoms with Crippen LogP contribution in [-0.4, -0.2) is 14.8 Å². The van der Waals surface area contributed by atoms with E-state index >= 15 is 0 Å². The van der Waals surface area contributed by atoms with Crippen LogP contribution in [0.1, 0.15) is 16.7 Å². The molecule has 0 aliphatic rings. The lowest BCUT2D eigenvalue weighted by atomic mass is 10.0. The number of hydrogen-bond donors (Lipinski definition) is 1. The van der Waals surface area contributed by atoms with Crippen LogP contribution in [0, 0.1) is 13.8 Å². The normalized spacial score (nSPS) is 10.5. The summed E-state index contributed by atoms with van der Waals surface area (Å²) in [5.74, 6) is 0. The average molecular weight is 273 g/mol. The maximum absolute atomic E-state index is 11.8. The molecule has 19 heavy (non-hydrogen) atoms. The summed E-state index contributed by atoms with van der Waals surface area (Å²) in [5.41, 5.74) is 9.63. The molecule has 0 spiro atoms. The molecule has 0 aliphatic carbocycles. The Morgan fingerprint density at radius 3 is 2.53 bits per heavy atom. The minimum absolute atomic E-state index is 0.0908. The summed E-state index contributed by atoms with van der Waals surface area (Å²) in [6.45, 7) is 4.09. The van der Waals surface area contributed by atoms with Crippen molar-refractivity contribution in [3.8, 4) is 11.3 Å². The molecule has 0 bridgehead atoms. The van der Waals surface area contributed by atoms with Crippen LogP contribution >= 0.6 is 12.2 Å². The summed E-state index contributed by atoms with van der Waals surface area (Å²) in [7, 11) is 1.59. The Hall–Kier alpha value is -2.01. The highest BCUT2D eigenvalue weighted by molar-refractivity contribution is 7.80. The van der Waals surface area contributed by atoms with Gasteiger partial charge in [0.2, 0.25) is 0 Å². The Morgan fingerprint density at radius 2 is 1.95 bits per heavy atom. The molecule has 0 saturated heterocycles. The van der Waals surface area contributed by atoms with Crippen LogP contribution in [0.25, 0.3) is 11.3 Å². The van der Waals surface area contributed by atoms with Gasteiger partial charge in [-0.3, -0.25) is 4.79 Å². The van der Waals surface area contributed by atoms with E-state index in [0.29, 0.717) is 11.3 Å². The second kappa shape index (κ2) is 4.93. The molecule has 1 heterocycles. The van der Waals surface area contributed by atoms with Crippen molar-refractivity contribution in [2.45, 2.75) is 13.8 Å². The Morgan fingerprint density at radius 1 is 1.26 bits per heavy atom. The fourth-order valence-electron chi connectivity index (χ4n) is 1.83. The first-order valence-electron chi connectivity index (χ1n) is 5.86. The van der Waals surface area contributed by atoms with Crippen LogP contribution in [0.15, 0.2) is 29.1 Å². The largest absolute Gasteiger partial charge is 0.389 e. The fourth-order valence-corrected chi connectivity index (χ4v) is 1.97. The van der Waals surface area contributed by atoms with Crippen LogP contribution in [0.3, 0.4) is 0 Å². The molecule has 0 fully saturated rings. The molecule has 1 aromatic carbocycles. The van der Waals surface area contributed by atoms with Crippen LogP contribution in [0.4, 0.5) is 0 Å². The Bertz CT molecular complexity index is 719. The van der Waals surface area contributed by atoms with Gasteiger partial charge in [-0.25, -0.2) is 4.68 Å². The van der Waals surface area contributed by atoms with Crippen molar-refractivity contribution < 1.29 is 0 Å². The Balaban J connectivity index is 2.66. The Kier molecular flexibility index (Phi) is 3.48. The third kappa shape index (κ3) is 2.56. The molecule has 0 atom stereocenters. The van der Waals surface area contributed by atoms with Gasteiger partial charge in [-0.05, 0) is 37.1 Å². The molecule has 0 amide bonds. The van der Waals surface area contributed by atoms with E-state index in [-0.39, 0.29) is 10.5 Å². The SMILES string of the molecule is Cc1ccc(-c2cc(C(N)=S)c(=O)n(C)n2)cc1C. The van der Waals surface area contributed by atoms with Gasteiger partial charge in [-0.1, -0.05) is 24.4 Å². The zero-order chi connectivity index (χ0) is 14.2. The molecule has 2 aromatic rings. The van der Waals surface area contributed by atoms with Crippen molar-refractivity contribution in [2.75, 3.05) is 0 Å². The predicted octanol–water partition coefficient (Wildman–Crippen LogP) is 1.70. The quantitative estimate of drug-likeness (QED) is 0.846. The highest BCUT2D eigenvalue weighted by atomic mass is 32.1.